The molecule has 1 N–H and O–H groups in total. The first-order valence-corrected chi connectivity index (χ1v) is 8.36. The van der Waals surface area contributed by atoms with Gasteiger partial charge in [0, 0.05) is 16.7 Å². The van der Waals surface area contributed by atoms with Crippen molar-refractivity contribution in [2.24, 2.45) is 0 Å². The van der Waals surface area contributed by atoms with Crippen molar-refractivity contribution in [1.29, 1.82) is 0 Å². The van der Waals surface area contributed by atoms with Crippen molar-refractivity contribution in [3.8, 4) is 5.75 Å². The van der Waals surface area contributed by atoms with Crippen LogP contribution < -0.4 is 0 Å². The van der Waals surface area contributed by atoms with Crippen molar-refractivity contribution in [2.75, 3.05) is 0 Å². The van der Waals surface area contributed by atoms with E-state index in [1.54, 1.807) is 54.6 Å². The second kappa shape index (κ2) is 5.80. The van der Waals surface area contributed by atoms with Crippen molar-refractivity contribution < 1.29 is 14.6 Å². The Labute approximate surface area is 154 Å². The van der Waals surface area contributed by atoms with Crippen molar-refractivity contribution in [3.05, 3.63) is 99.0 Å². The highest BCUT2D eigenvalue weighted by molar-refractivity contribution is 6.42. The molecule has 1 aliphatic rings. The standard InChI is InChI=1S/C20H12Cl2O3/c21-17-10-7-13(11-18(17)22)20(12-5-8-14(23)9-6-12)16-4-2-1-3-15(16)19(24)25-20/h1-11,23H. The molecular formula is C20H12Cl2O3. The van der Waals surface area contributed by atoms with Gasteiger partial charge < -0.3 is 9.84 Å². The van der Waals surface area contributed by atoms with Crippen LogP contribution in [0.25, 0.3) is 0 Å². The molecule has 0 amide bonds. The van der Waals surface area contributed by atoms with E-state index < -0.39 is 11.6 Å². The number of carbonyl (C=O) groups is 1. The van der Waals surface area contributed by atoms with E-state index in [1.165, 1.54) is 0 Å². The van der Waals surface area contributed by atoms with Crippen molar-refractivity contribution in [1.82, 2.24) is 0 Å². The zero-order valence-electron chi connectivity index (χ0n) is 12.9. The third kappa shape index (κ3) is 2.39. The average molecular weight is 371 g/mol. The Morgan fingerprint density at radius 1 is 0.840 bits per heavy atom. The van der Waals surface area contributed by atoms with Gasteiger partial charge in [-0.05, 0) is 30.3 Å². The minimum Gasteiger partial charge on any atom is -0.508 e. The lowest BCUT2D eigenvalue weighted by Gasteiger charge is -2.30. The Hall–Kier alpha value is -2.49. The minimum absolute atomic E-state index is 0.130. The van der Waals surface area contributed by atoms with Gasteiger partial charge in [-0.1, -0.05) is 59.6 Å². The highest BCUT2D eigenvalue weighted by atomic mass is 35.5. The summed E-state index contributed by atoms with van der Waals surface area (Å²) in [5.74, 6) is -0.277. The molecule has 0 spiro atoms. The van der Waals surface area contributed by atoms with E-state index in [2.05, 4.69) is 0 Å². The van der Waals surface area contributed by atoms with Gasteiger partial charge in [0.2, 0.25) is 0 Å². The van der Waals surface area contributed by atoms with Gasteiger partial charge >= 0.3 is 5.97 Å². The van der Waals surface area contributed by atoms with Gasteiger partial charge in [0.05, 0.1) is 15.6 Å². The Kier molecular flexibility index (Phi) is 3.71. The lowest BCUT2D eigenvalue weighted by molar-refractivity contribution is 0.0251. The number of ether oxygens (including phenoxy) is 1. The number of phenols is 1. The fraction of sp³-hybridized carbons (Fsp3) is 0.0500. The predicted octanol–water partition coefficient (Wildman–Crippen LogP) is 5.16. The molecule has 0 bridgehead atoms. The summed E-state index contributed by atoms with van der Waals surface area (Å²) in [4.78, 5) is 12.5. The second-order valence-corrected chi connectivity index (χ2v) is 6.61. The lowest BCUT2D eigenvalue weighted by Crippen LogP contribution is -2.29. The van der Waals surface area contributed by atoms with Crippen LogP contribution in [0.5, 0.6) is 5.75 Å². The van der Waals surface area contributed by atoms with Crippen LogP contribution >= 0.6 is 23.2 Å². The maximum absolute atomic E-state index is 12.5. The summed E-state index contributed by atoms with van der Waals surface area (Å²) >= 11 is 12.3. The highest BCUT2D eigenvalue weighted by Gasteiger charge is 2.48. The van der Waals surface area contributed by atoms with E-state index in [0.717, 1.165) is 5.56 Å². The molecule has 1 aliphatic heterocycles. The molecule has 124 valence electrons. The maximum Gasteiger partial charge on any atom is 0.340 e. The van der Waals surface area contributed by atoms with Crippen LogP contribution in [0.15, 0.2) is 66.7 Å². The molecule has 0 radical (unpaired) electrons. The molecule has 1 unspecified atom stereocenters. The fourth-order valence-electron chi connectivity index (χ4n) is 3.22. The highest BCUT2D eigenvalue weighted by Crippen LogP contribution is 2.48. The first kappa shape index (κ1) is 16.0. The number of benzene rings is 3. The number of fused-ring (bicyclic) bond motifs is 1. The second-order valence-electron chi connectivity index (χ2n) is 5.79. The number of carbonyl (C=O) groups excluding carboxylic acids is 1. The Balaban J connectivity index is 2.05. The molecule has 1 heterocycles. The molecule has 4 rings (SSSR count). The number of esters is 1. The number of aromatic hydroxyl groups is 1. The molecule has 0 aromatic heterocycles. The van der Waals surface area contributed by atoms with E-state index in [9.17, 15) is 9.90 Å². The van der Waals surface area contributed by atoms with Crippen LogP contribution in [0, 0.1) is 0 Å². The van der Waals surface area contributed by atoms with Crippen LogP contribution in [-0.2, 0) is 10.3 Å². The number of hydrogen-bond donors (Lipinski definition) is 1. The largest absolute Gasteiger partial charge is 0.508 e. The van der Waals surface area contributed by atoms with Gasteiger partial charge in [-0.3, -0.25) is 0 Å². The van der Waals surface area contributed by atoms with E-state index in [-0.39, 0.29) is 5.75 Å². The molecule has 0 saturated carbocycles. The third-order valence-corrected chi connectivity index (χ3v) is 5.11. The molecule has 0 fully saturated rings. The molecule has 0 aliphatic carbocycles. The zero-order chi connectivity index (χ0) is 17.6. The van der Waals surface area contributed by atoms with Crippen molar-refractivity contribution >= 4 is 29.2 Å². The SMILES string of the molecule is O=C1OC(c2ccc(O)cc2)(c2ccc(Cl)c(Cl)c2)c2ccccc21. The summed E-state index contributed by atoms with van der Waals surface area (Å²) in [6, 6.07) is 19.0. The van der Waals surface area contributed by atoms with Crippen LogP contribution in [-0.4, -0.2) is 11.1 Å². The third-order valence-electron chi connectivity index (χ3n) is 4.37. The van der Waals surface area contributed by atoms with E-state index in [4.69, 9.17) is 27.9 Å². The van der Waals surface area contributed by atoms with Crippen molar-refractivity contribution in [3.63, 3.8) is 0 Å². The van der Waals surface area contributed by atoms with Crippen LogP contribution in [0.3, 0.4) is 0 Å². The van der Waals surface area contributed by atoms with Crippen LogP contribution in [0.2, 0.25) is 10.0 Å². The molecule has 3 aromatic rings. The smallest absolute Gasteiger partial charge is 0.340 e. The van der Waals surface area contributed by atoms with E-state index in [0.29, 0.717) is 26.7 Å². The van der Waals surface area contributed by atoms with Gasteiger partial charge in [0.1, 0.15) is 5.75 Å². The average Bonchev–Trinajstić information content (AvgIpc) is 2.92. The first-order chi connectivity index (χ1) is 12.0. The normalized spacial score (nSPS) is 18.7. The quantitative estimate of drug-likeness (QED) is 0.633. The Morgan fingerprint density at radius 2 is 1.52 bits per heavy atom. The Morgan fingerprint density at radius 3 is 2.24 bits per heavy atom. The molecule has 5 heteroatoms. The van der Waals surface area contributed by atoms with E-state index >= 15 is 0 Å². The summed E-state index contributed by atoms with van der Waals surface area (Å²) in [5.41, 5.74) is 1.48. The molecule has 0 saturated heterocycles. The minimum atomic E-state index is -1.14. The molecule has 3 nitrogen and oxygen atoms in total. The van der Waals surface area contributed by atoms with Gasteiger partial charge in [0.15, 0.2) is 5.60 Å². The van der Waals surface area contributed by atoms with E-state index in [1.807, 2.05) is 12.1 Å². The van der Waals surface area contributed by atoms with Gasteiger partial charge in [-0.25, -0.2) is 4.79 Å². The van der Waals surface area contributed by atoms with Crippen LogP contribution in [0.4, 0.5) is 0 Å². The topological polar surface area (TPSA) is 46.5 Å². The number of halogens is 2. The molecule has 25 heavy (non-hydrogen) atoms. The summed E-state index contributed by atoms with van der Waals surface area (Å²) in [7, 11) is 0. The lowest BCUT2D eigenvalue weighted by atomic mass is 9.80. The Bertz CT molecular complexity index is 982. The maximum atomic E-state index is 12.5. The number of cyclic esters (lactones) is 1. The fourth-order valence-corrected chi connectivity index (χ4v) is 3.52. The zero-order valence-corrected chi connectivity index (χ0v) is 14.4. The molecule has 1 atom stereocenters. The number of rotatable bonds is 2. The number of hydrogen-bond acceptors (Lipinski definition) is 3. The summed E-state index contributed by atoms with van der Waals surface area (Å²) in [6.07, 6.45) is 0. The monoisotopic (exact) mass is 370 g/mol. The van der Waals surface area contributed by atoms with Gasteiger partial charge in [-0.15, -0.1) is 0 Å². The molecule has 3 aromatic carbocycles. The van der Waals surface area contributed by atoms with Crippen LogP contribution in [0.1, 0.15) is 27.0 Å². The first-order valence-electron chi connectivity index (χ1n) is 7.60. The van der Waals surface area contributed by atoms with Gasteiger partial charge in [-0.2, -0.15) is 0 Å². The summed E-state index contributed by atoms with van der Waals surface area (Å²) < 4.78 is 5.90. The summed E-state index contributed by atoms with van der Waals surface area (Å²) in [6.45, 7) is 0. The number of phenolic OH excluding ortho intramolecular Hbond substituents is 1. The van der Waals surface area contributed by atoms with Crippen molar-refractivity contribution in [2.45, 2.75) is 5.60 Å². The molecular weight excluding hydrogens is 359 g/mol. The summed E-state index contributed by atoms with van der Waals surface area (Å²) in [5, 5.41) is 10.4. The van der Waals surface area contributed by atoms with Gasteiger partial charge in [0.25, 0.3) is 0 Å². The predicted molar refractivity (Wildman–Crippen MR) is 96.3 cm³/mol.